The van der Waals surface area contributed by atoms with Gasteiger partial charge in [-0.25, -0.2) is 4.39 Å². The number of thioether (sulfide) groups is 1. The number of hydrogen-bond donors (Lipinski definition) is 0. The monoisotopic (exact) mass is 473 g/mol. The molecule has 0 N–H and O–H groups in total. The van der Waals surface area contributed by atoms with Crippen molar-refractivity contribution < 1.29 is 13.7 Å². The molecule has 0 unspecified atom stereocenters. The second-order valence-corrected chi connectivity index (χ2v) is 8.32. The van der Waals surface area contributed by atoms with Gasteiger partial charge < -0.3 is 9.26 Å². The van der Waals surface area contributed by atoms with Crippen LogP contribution >= 0.6 is 11.8 Å². The topological polar surface area (TPSA) is 78.9 Å². The Hall–Kier alpha value is -3.98. The van der Waals surface area contributed by atoms with E-state index in [9.17, 15) is 4.39 Å². The van der Waals surface area contributed by atoms with Crippen LogP contribution in [0.2, 0.25) is 0 Å². The van der Waals surface area contributed by atoms with Gasteiger partial charge >= 0.3 is 0 Å². The molecule has 2 heterocycles. The smallest absolute Gasteiger partial charge is 0.237 e. The van der Waals surface area contributed by atoms with Gasteiger partial charge in [-0.15, -0.1) is 10.2 Å². The van der Waals surface area contributed by atoms with Gasteiger partial charge in [-0.05, 0) is 42.0 Å². The number of para-hydroxylation sites is 1. The molecule has 9 heteroatoms. The summed E-state index contributed by atoms with van der Waals surface area (Å²) >= 11 is 1.42. The third-order valence-corrected chi connectivity index (χ3v) is 6.04. The first-order valence-corrected chi connectivity index (χ1v) is 11.5. The molecule has 0 saturated carbocycles. The van der Waals surface area contributed by atoms with Crippen LogP contribution in [0.25, 0.3) is 17.1 Å². The minimum Gasteiger partial charge on any atom is -0.496 e. The fraction of sp³-hybridized carbons (Fsp3) is 0.120. The van der Waals surface area contributed by atoms with Crippen LogP contribution in [0.1, 0.15) is 17.3 Å². The zero-order chi connectivity index (χ0) is 23.3. The highest BCUT2D eigenvalue weighted by molar-refractivity contribution is 7.98. The van der Waals surface area contributed by atoms with Gasteiger partial charge in [0.05, 0.1) is 18.4 Å². The summed E-state index contributed by atoms with van der Waals surface area (Å²) in [4.78, 5) is 4.51. The van der Waals surface area contributed by atoms with Crippen LogP contribution in [0, 0.1) is 5.82 Å². The summed E-state index contributed by atoms with van der Waals surface area (Å²) < 4.78 is 26.3. The Balaban J connectivity index is 1.41. The standard InChI is InChI=1S/C25H20FN5O2S/c1-32-21-10-6-5-9-20(21)24-27-23(33-30-24)16-34-25-29-28-22(15-17-7-3-2-4-8-17)31(25)19-13-11-18(26)12-14-19/h2-14H,15-16H2,1H3. The second-order valence-electron chi connectivity index (χ2n) is 7.37. The summed E-state index contributed by atoms with van der Waals surface area (Å²) in [6, 6.07) is 23.8. The van der Waals surface area contributed by atoms with Crippen LogP contribution in [-0.4, -0.2) is 32.0 Å². The molecule has 0 spiro atoms. The molecule has 0 aliphatic carbocycles. The van der Waals surface area contributed by atoms with E-state index in [1.54, 1.807) is 19.2 Å². The van der Waals surface area contributed by atoms with Crippen LogP contribution in [0.15, 0.2) is 88.5 Å². The van der Waals surface area contributed by atoms with Crippen LogP contribution in [0.3, 0.4) is 0 Å². The molecule has 0 fully saturated rings. The number of nitrogens with zero attached hydrogens (tertiary/aromatic N) is 5. The zero-order valence-corrected chi connectivity index (χ0v) is 19.1. The van der Waals surface area contributed by atoms with Gasteiger partial charge in [-0.3, -0.25) is 4.57 Å². The lowest BCUT2D eigenvalue weighted by molar-refractivity contribution is 0.390. The number of aromatic nitrogens is 5. The molecule has 0 aliphatic heterocycles. The van der Waals surface area contributed by atoms with E-state index in [4.69, 9.17) is 9.26 Å². The second kappa shape index (κ2) is 9.88. The molecule has 0 atom stereocenters. The summed E-state index contributed by atoms with van der Waals surface area (Å²) in [5.74, 6) is 2.42. The Morgan fingerprint density at radius 3 is 2.50 bits per heavy atom. The average molecular weight is 474 g/mol. The van der Waals surface area contributed by atoms with Gasteiger partial charge in [0.2, 0.25) is 11.7 Å². The van der Waals surface area contributed by atoms with Crippen molar-refractivity contribution in [1.82, 2.24) is 24.9 Å². The predicted octanol–water partition coefficient (Wildman–Crippen LogP) is 5.35. The third-order valence-electron chi connectivity index (χ3n) is 5.13. The number of rotatable bonds is 8. The first-order chi connectivity index (χ1) is 16.7. The molecule has 7 nitrogen and oxygen atoms in total. The van der Waals surface area contributed by atoms with Crippen molar-refractivity contribution in [2.45, 2.75) is 17.3 Å². The fourth-order valence-electron chi connectivity index (χ4n) is 3.51. The Kier molecular flexibility index (Phi) is 6.35. The van der Waals surface area contributed by atoms with Gasteiger partial charge in [-0.2, -0.15) is 4.98 Å². The summed E-state index contributed by atoms with van der Waals surface area (Å²) in [5.41, 5.74) is 2.64. The lowest BCUT2D eigenvalue weighted by atomic mass is 10.1. The number of halogens is 1. The van der Waals surface area contributed by atoms with Crippen molar-refractivity contribution in [2.75, 3.05) is 7.11 Å². The molecule has 0 bridgehead atoms. The van der Waals surface area contributed by atoms with Gasteiger partial charge in [0.1, 0.15) is 17.4 Å². The molecule has 3 aromatic carbocycles. The quantitative estimate of drug-likeness (QED) is 0.281. The minimum atomic E-state index is -0.301. The van der Waals surface area contributed by atoms with Gasteiger partial charge in [0.25, 0.3) is 0 Å². The van der Waals surface area contributed by atoms with Crippen molar-refractivity contribution in [3.63, 3.8) is 0 Å². The maximum absolute atomic E-state index is 13.6. The maximum Gasteiger partial charge on any atom is 0.237 e. The normalized spacial score (nSPS) is 11.0. The molecule has 0 aliphatic rings. The van der Waals surface area contributed by atoms with E-state index in [0.29, 0.717) is 34.8 Å². The minimum absolute atomic E-state index is 0.301. The molecular weight excluding hydrogens is 453 g/mol. The van der Waals surface area contributed by atoms with Crippen molar-refractivity contribution in [2.24, 2.45) is 0 Å². The molecular formula is C25H20FN5O2S. The summed E-state index contributed by atoms with van der Waals surface area (Å²) in [6.07, 6.45) is 0.588. The Morgan fingerprint density at radius 2 is 1.71 bits per heavy atom. The number of ether oxygens (including phenoxy) is 1. The van der Waals surface area contributed by atoms with E-state index >= 15 is 0 Å². The fourth-order valence-corrected chi connectivity index (χ4v) is 4.32. The van der Waals surface area contributed by atoms with E-state index in [0.717, 1.165) is 22.6 Å². The number of methoxy groups -OCH3 is 1. The molecule has 2 aromatic heterocycles. The molecule has 34 heavy (non-hydrogen) atoms. The molecule has 170 valence electrons. The van der Waals surface area contributed by atoms with E-state index < -0.39 is 0 Å². The molecule has 5 rings (SSSR count). The SMILES string of the molecule is COc1ccccc1-c1noc(CSc2nnc(Cc3ccccc3)n2-c2ccc(F)cc2)n1. The lowest BCUT2D eigenvalue weighted by Crippen LogP contribution is -2.04. The molecule has 0 radical (unpaired) electrons. The highest BCUT2D eigenvalue weighted by Crippen LogP contribution is 2.29. The Morgan fingerprint density at radius 1 is 0.941 bits per heavy atom. The first-order valence-electron chi connectivity index (χ1n) is 10.5. The number of benzene rings is 3. The molecule has 0 amide bonds. The third kappa shape index (κ3) is 4.69. The summed E-state index contributed by atoms with van der Waals surface area (Å²) in [6.45, 7) is 0. The van der Waals surface area contributed by atoms with Crippen LogP contribution in [0.5, 0.6) is 5.75 Å². The summed E-state index contributed by atoms with van der Waals surface area (Å²) in [7, 11) is 1.60. The van der Waals surface area contributed by atoms with E-state index in [2.05, 4.69) is 20.3 Å². The van der Waals surface area contributed by atoms with Crippen molar-refractivity contribution in [3.05, 3.63) is 102 Å². The average Bonchev–Trinajstić information content (AvgIpc) is 3.51. The molecule has 5 aromatic rings. The van der Waals surface area contributed by atoms with E-state index in [-0.39, 0.29) is 5.82 Å². The van der Waals surface area contributed by atoms with Crippen molar-refractivity contribution in [3.8, 4) is 22.8 Å². The van der Waals surface area contributed by atoms with Crippen molar-refractivity contribution >= 4 is 11.8 Å². The number of hydrogen-bond acceptors (Lipinski definition) is 7. The van der Waals surface area contributed by atoms with Gasteiger partial charge in [-0.1, -0.05) is 59.4 Å². The van der Waals surface area contributed by atoms with Gasteiger partial charge in [0, 0.05) is 12.1 Å². The Labute approximate surface area is 199 Å². The summed E-state index contributed by atoms with van der Waals surface area (Å²) in [5, 5.41) is 13.5. The molecule has 0 saturated heterocycles. The zero-order valence-electron chi connectivity index (χ0n) is 18.3. The predicted molar refractivity (Wildman–Crippen MR) is 126 cm³/mol. The van der Waals surface area contributed by atoms with Crippen LogP contribution < -0.4 is 4.74 Å². The highest BCUT2D eigenvalue weighted by atomic mass is 32.2. The van der Waals surface area contributed by atoms with Crippen LogP contribution in [-0.2, 0) is 12.2 Å². The van der Waals surface area contributed by atoms with E-state index in [1.807, 2.05) is 59.2 Å². The van der Waals surface area contributed by atoms with E-state index in [1.165, 1.54) is 23.9 Å². The largest absolute Gasteiger partial charge is 0.496 e. The van der Waals surface area contributed by atoms with Crippen molar-refractivity contribution in [1.29, 1.82) is 0 Å². The van der Waals surface area contributed by atoms with Crippen LogP contribution in [0.4, 0.5) is 4.39 Å². The van der Waals surface area contributed by atoms with Gasteiger partial charge in [0.15, 0.2) is 5.16 Å². The Bertz CT molecular complexity index is 1390. The maximum atomic E-state index is 13.6. The highest BCUT2D eigenvalue weighted by Gasteiger charge is 2.18. The first kappa shape index (κ1) is 21.8. The lowest BCUT2D eigenvalue weighted by Gasteiger charge is -2.10.